The number of aryl methyl sites for hydroxylation is 1. The molecule has 2 nitrogen and oxygen atoms in total. The van der Waals surface area contributed by atoms with Crippen LogP contribution < -0.4 is 10.6 Å². The maximum absolute atomic E-state index is 5.65. The van der Waals surface area contributed by atoms with Crippen molar-refractivity contribution in [2.24, 2.45) is 5.73 Å². The van der Waals surface area contributed by atoms with E-state index < -0.39 is 0 Å². The van der Waals surface area contributed by atoms with Gasteiger partial charge in [0.1, 0.15) is 0 Å². The van der Waals surface area contributed by atoms with Gasteiger partial charge in [0.15, 0.2) is 0 Å². The number of benzene rings is 2. The fraction of sp³-hybridized carbons (Fsp3) is 0.333. The molecule has 0 aromatic heterocycles. The van der Waals surface area contributed by atoms with Crippen molar-refractivity contribution in [2.75, 3.05) is 18.0 Å². The molecule has 0 saturated carbocycles. The molecule has 0 radical (unpaired) electrons. The summed E-state index contributed by atoms with van der Waals surface area (Å²) < 4.78 is 1.17. The van der Waals surface area contributed by atoms with Gasteiger partial charge in [-0.25, -0.2) is 0 Å². The van der Waals surface area contributed by atoms with Crippen molar-refractivity contribution in [1.82, 2.24) is 0 Å². The zero-order chi connectivity index (χ0) is 14.7. The van der Waals surface area contributed by atoms with Crippen LogP contribution in [0.3, 0.4) is 0 Å². The molecule has 1 aliphatic heterocycles. The Hall–Kier alpha value is -1.32. The third kappa shape index (κ3) is 3.30. The summed E-state index contributed by atoms with van der Waals surface area (Å²) in [5.74, 6) is 0. The molecule has 2 aromatic carbocycles. The summed E-state index contributed by atoms with van der Waals surface area (Å²) in [6.45, 7) is 2.80. The molecule has 0 amide bonds. The number of halogens is 1. The van der Waals surface area contributed by atoms with Crippen LogP contribution in [0.5, 0.6) is 0 Å². The minimum Gasteiger partial charge on any atom is -0.367 e. The lowest BCUT2D eigenvalue weighted by Gasteiger charge is -2.24. The molecule has 0 saturated heterocycles. The van der Waals surface area contributed by atoms with E-state index >= 15 is 0 Å². The van der Waals surface area contributed by atoms with Crippen molar-refractivity contribution < 1.29 is 0 Å². The Labute approximate surface area is 135 Å². The van der Waals surface area contributed by atoms with Crippen LogP contribution in [0.15, 0.2) is 46.9 Å². The van der Waals surface area contributed by atoms with E-state index in [4.69, 9.17) is 5.73 Å². The topological polar surface area (TPSA) is 29.3 Å². The van der Waals surface area contributed by atoms with Gasteiger partial charge in [0.25, 0.3) is 0 Å². The van der Waals surface area contributed by atoms with Crippen LogP contribution >= 0.6 is 15.9 Å². The summed E-state index contributed by atoms with van der Waals surface area (Å²) in [7, 11) is 0. The molecule has 0 fully saturated rings. The second kappa shape index (κ2) is 6.63. The third-order valence-electron chi connectivity index (χ3n) is 4.17. The molecule has 110 valence electrons. The summed E-state index contributed by atoms with van der Waals surface area (Å²) in [6, 6.07) is 15.5. The highest BCUT2D eigenvalue weighted by Crippen LogP contribution is 2.28. The van der Waals surface area contributed by atoms with Crippen molar-refractivity contribution in [3.8, 4) is 0 Å². The largest absolute Gasteiger partial charge is 0.367 e. The summed E-state index contributed by atoms with van der Waals surface area (Å²) in [6.07, 6.45) is 3.31. The fourth-order valence-electron chi connectivity index (χ4n) is 3.01. The molecular weight excluding hydrogens is 324 g/mol. The molecule has 0 aliphatic carbocycles. The Morgan fingerprint density at radius 2 is 1.90 bits per heavy atom. The monoisotopic (exact) mass is 344 g/mol. The minimum atomic E-state index is 0.690. The van der Waals surface area contributed by atoms with Crippen LogP contribution in [0.1, 0.15) is 23.1 Å². The van der Waals surface area contributed by atoms with Crippen molar-refractivity contribution in [1.29, 1.82) is 0 Å². The van der Waals surface area contributed by atoms with Crippen molar-refractivity contribution in [3.05, 3.63) is 63.6 Å². The molecule has 0 unspecified atom stereocenters. The average Bonchev–Trinajstić information content (AvgIpc) is 2.71. The molecule has 3 heteroatoms. The van der Waals surface area contributed by atoms with Crippen molar-refractivity contribution in [3.63, 3.8) is 0 Å². The average molecular weight is 345 g/mol. The van der Waals surface area contributed by atoms with E-state index in [2.05, 4.69) is 63.3 Å². The van der Waals surface area contributed by atoms with E-state index in [1.54, 1.807) is 0 Å². The highest BCUT2D eigenvalue weighted by molar-refractivity contribution is 9.10. The normalized spacial score (nSPS) is 14.7. The number of hydrogen-bond donors (Lipinski definition) is 1. The zero-order valence-corrected chi connectivity index (χ0v) is 13.8. The Balaban J connectivity index is 1.85. The van der Waals surface area contributed by atoms with Crippen LogP contribution in [-0.4, -0.2) is 13.1 Å². The van der Waals surface area contributed by atoms with Crippen LogP contribution in [0.4, 0.5) is 5.69 Å². The van der Waals surface area contributed by atoms with Gasteiger partial charge in [0.05, 0.1) is 0 Å². The SMILES string of the molecule is NCCc1ccc(N2CCCc3ccccc3C2)cc1Br. The Morgan fingerprint density at radius 1 is 1.10 bits per heavy atom. The predicted octanol–water partition coefficient (Wildman–Crippen LogP) is 3.90. The van der Waals surface area contributed by atoms with E-state index in [1.165, 1.54) is 39.7 Å². The zero-order valence-electron chi connectivity index (χ0n) is 12.2. The maximum atomic E-state index is 5.65. The van der Waals surface area contributed by atoms with Gasteiger partial charge in [0.2, 0.25) is 0 Å². The van der Waals surface area contributed by atoms with E-state index in [9.17, 15) is 0 Å². The molecule has 0 atom stereocenters. The molecule has 0 bridgehead atoms. The number of nitrogens with zero attached hydrogens (tertiary/aromatic N) is 1. The molecule has 21 heavy (non-hydrogen) atoms. The van der Waals surface area contributed by atoms with Gasteiger partial charge in [-0.3, -0.25) is 0 Å². The Kier molecular flexibility index (Phi) is 4.61. The quantitative estimate of drug-likeness (QED) is 0.914. The van der Waals surface area contributed by atoms with Crippen LogP contribution in [0.2, 0.25) is 0 Å². The van der Waals surface area contributed by atoms with E-state index in [0.29, 0.717) is 6.54 Å². The highest BCUT2D eigenvalue weighted by atomic mass is 79.9. The van der Waals surface area contributed by atoms with E-state index in [-0.39, 0.29) is 0 Å². The summed E-state index contributed by atoms with van der Waals surface area (Å²) >= 11 is 3.68. The lowest BCUT2D eigenvalue weighted by atomic mass is 10.0. The first-order chi connectivity index (χ1) is 10.3. The van der Waals surface area contributed by atoms with Gasteiger partial charge in [0, 0.05) is 23.2 Å². The maximum Gasteiger partial charge on any atom is 0.0432 e. The smallest absolute Gasteiger partial charge is 0.0432 e. The molecule has 3 rings (SSSR count). The number of rotatable bonds is 3. The molecule has 2 N–H and O–H groups in total. The minimum absolute atomic E-state index is 0.690. The Bertz CT molecular complexity index is 624. The summed E-state index contributed by atoms with van der Waals surface area (Å²) in [5, 5.41) is 0. The summed E-state index contributed by atoms with van der Waals surface area (Å²) in [4.78, 5) is 2.48. The number of anilines is 1. The van der Waals surface area contributed by atoms with Crippen LogP contribution in [-0.2, 0) is 19.4 Å². The van der Waals surface area contributed by atoms with Crippen LogP contribution in [0.25, 0.3) is 0 Å². The molecule has 1 aliphatic rings. The Morgan fingerprint density at radius 3 is 2.67 bits per heavy atom. The fourth-order valence-corrected chi connectivity index (χ4v) is 3.58. The molecule has 2 aromatic rings. The van der Waals surface area contributed by atoms with E-state index in [0.717, 1.165) is 19.5 Å². The second-order valence-electron chi connectivity index (χ2n) is 5.61. The molecular formula is C18H21BrN2. The van der Waals surface area contributed by atoms with Gasteiger partial charge in [-0.2, -0.15) is 0 Å². The van der Waals surface area contributed by atoms with Gasteiger partial charge < -0.3 is 10.6 Å². The first-order valence-corrected chi connectivity index (χ1v) is 8.37. The molecule has 1 heterocycles. The lowest BCUT2D eigenvalue weighted by molar-refractivity contribution is 0.765. The predicted molar refractivity (Wildman–Crippen MR) is 92.7 cm³/mol. The third-order valence-corrected chi connectivity index (χ3v) is 4.91. The number of fused-ring (bicyclic) bond motifs is 1. The highest BCUT2D eigenvalue weighted by Gasteiger charge is 2.15. The second-order valence-corrected chi connectivity index (χ2v) is 6.46. The lowest BCUT2D eigenvalue weighted by Crippen LogP contribution is -2.22. The molecule has 0 spiro atoms. The van der Waals surface area contributed by atoms with E-state index in [1.807, 2.05) is 0 Å². The van der Waals surface area contributed by atoms with Crippen LogP contribution in [0, 0.1) is 0 Å². The van der Waals surface area contributed by atoms with Crippen molar-refractivity contribution >= 4 is 21.6 Å². The van der Waals surface area contributed by atoms with Gasteiger partial charge in [-0.05, 0) is 54.6 Å². The number of nitrogens with two attached hydrogens (primary N) is 1. The van der Waals surface area contributed by atoms with Gasteiger partial charge in [-0.15, -0.1) is 0 Å². The standard InChI is InChI=1S/C18H21BrN2/c19-18-12-17(8-7-15(18)9-10-20)21-11-3-6-14-4-1-2-5-16(14)13-21/h1-2,4-5,7-8,12H,3,6,9-11,13,20H2. The van der Waals surface area contributed by atoms with Gasteiger partial charge >= 0.3 is 0 Å². The van der Waals surface area contributed by atoms with Crippen molar-refractivity contribution in [2.45, 2.75) is 25.8 Å². The first kappa shape index (κ1) is 14.6. The van der Waals surface area contributed by atoms with Gasteiger partial charge in [-0.1, -0.05) is 46.3 Å². The first-order valence-electron chi connectivity index (χ1n) is 7.58. The number of hydrogen-bond acceptors (Lipinski definition) is 2. The summed E-state index contributed by atoms with van der Waals surface area (Å²) in [5.41, 5.74) is 11.2.